The van der Waals surface area contributed by atoms with E-state index >= 15 is 0 Å². The molecule has 4 rings (SSSR count). The van der Waals surface area contributed by atoms with E-state index in [2.05, 4.69) is 4.98 Å². The van der Waals surface area contributed by atoms with Gasteiger partial charge in [0, 0.05) is 18.4 Å². The van der Waals surface area contributed by atoms with Gasteiger partial charge in [-0.05, 0) is 36.4 Å². The smallest absolute Gasteiger partial charge is 0.234 e. The van der Waals surface area contributed by atoms with Gasteiger partial charge in [0.2, 0.25) is 17.7 Å². The van der Waals surface area contributed by atoms with Gasteiger partial charge >= 0.3 is 0 Å². The third-order valence-corrected chi connectivity index (χ3v) is 3.72. The Morgan fingerprint density at radius 1 is 0.909 bits per heavy atom. The topological polar surface area (TPSA) is 63.4 Å². The molecule has 1 aliphatic rings. The van der Waals surface area contributed by atoms with E-state index in [1.54, 1.807) is 24.3 Å². The lowest BCUT2D eigenvalue weighted by molar-refractivity contribution is -0.121. The van der Waals surface area contributed by atoms with Crippen molar-refractivity contribution >= 4 is 28.6 Å². The predicted octanol–water partition coefficient (Wildman–Crippen LogP) is 3.15. The number of imide groups is 1. The molecule has 0 radical (unpaired) electrons. The summed E-state index contributed by atoms with van der Waals surface area (Å²) >= 11 is 0. The molecule has 0 spiro atoms. The van der Waals surface area contributed by atoms with Crippen LogP contribution in [0.5, 0.6) is 0 Å². The number of carbonyl (C=O) groups excluding carboxylic acids is 2. The van der Waals surface area contributed by atoms with Crippen LogP contribution in [0.25, 0.3) is 22.6 Å². The zero-order valence-electron chi connectivity index (χ0n) is 11.7. The Balaban J connectivity index is 1.69. The maximum Gasteiger partial charge on any atom is 0.234 e. The van der Waals surface area contributed by atoms with E-state index in [0.29, 0.717) is 11.6 Å². The van der Waals surface area contributed by atoms with Crippen molar-refractivity contribution < 1.29 is 14.0 Å². The van der Waals surface area contributed by atoms with Crippen LogP contribution in [0.4, 0.5) is 5.69 Å². The van der Waals surface area contributed by atoms with Crippen LogP contribution >= 0.6 is 0 Å². The summed E-state index contributed by atoms with van der Waals surface area (Å²) in [6.45, 7) is 0. The molecule has 2 amide bonds. The first kappa shape index (κ1) is 12.8. The number of hydrogen-bond acceptors (Lipinski definition) is 4. The molecule has 1 saturated heterocycles. The van der Waals surface area contributed by atoms with Crippen molar-refractivity contribution in [1.82, 2.24) is 4.98 Å². The summed E-state index contributed by atoms with van der Waals surface area (Å²) in [6.07, 6.45) is 0.567. The van der Waals surface area contributed by atoms with Gasteiger partial charge in [-0.1, -0.05) is 12.1 Å². The van der Waals surface area contributed by atoms with Gasteiger partial charge in [-0.2, -0.15) is 0 Å². The molecule has 22 heavy (non-hydrogen) atoms. The zero-order valence-corrected chi connectivity index (χ0v) is 11.7. The fourth-order valence-corrected chi connectivity index (χ4v) is 2.61. The second-order valence-corrected chi connectivity index (χ2v) is 5.16. The number of benzene rings is 2. The number of rotatable bonds is 2. The van der Waals surface area contributed by atoms with Crippen molar-refractivity contribution in [2.75, 3.05) is 4.90 Å². The Morgan fingerprint density at radius 3 is 2.27 bits per heavy atom. The molecule has 2 heterocycles. The minimum absolute atomic E-state index is 0.153. The summed E-state index contributed by atoms with van der Waals surface area (Å²) in [5.74, 6) is 0.214. The van der Waals surface area contributed by atoms with Crippen LogP contribution in [0.15, 0.2) is 52.9 Å². The quantitative estimate of drug-likeness (QED) is 0.681. The molecule has 0 saturated carbocycles. The summed E-state index contributed by atoms with van der Waals surface area (Å²) < 4.78 is 5.70. The summed E-state index contributed by atoms with van der Waals surface area (Å²) in [7, 11) is 0. The van der Waals surface area contributed by atoms with Crippen LogP contribution in [0, 0.1) is 0 Å². The molecule has 0 N–H and O–H groups in total. The van der Waals surface area contributed by atoms with E-state index in [0.717, 1.165) is 16.7 Å². The molecule has 0 atom stereocenters. The highest BCUT2D eigenvalue weighted by Gasteiger charge is 2.30. The highest BCUT2D eigenvalue weighted by atomic mass is 16.3. The average molecular weight is 292 g/mol. The molecule has 0 unspecified atom stereocenters. The second-order valence-electron chi connectivity index (χ2n) is 5.16. The third kappa shape index (κ3) is 1.98. The van der Waals surface area contributed by atoms with Crippen molar-refractivity contribution in [2.24, 2.45) is 0 Å². The maximum atomic E-state index is 11.7. The Kier molecular flexibility index (Phi) is 2.79. The Labute approximate surface area is 126 Å². The summed E-state index contributed by atoms with van der Waals surface area (Å²) in [5.41, 5.74) is 2.92. The van der Waals surface area contributed by atoms with Gasteiger partial charge in [-0.3, -0.25) is 14.5 Å². The lowest BCUT2D eigenvalue weighted by Gasteiger charge is -2.13. The van der Waals surface area contributed by atoms with Gasteiger partial charge in [0.05, 0.1) is 5.69 Å². The minimum atomic E-state index is -0.153. The molecule has 1 fully saturated rings. The second kappa shape index (κ2) is 4.80. The van der Waals surface area contributed by atoms with Crippen molar-refractivity contribution in [1.29, 1.82) is 0 Å². The first-order valence-electron chi connectivity index (χ1n) is 7.04. The number of para-hydroxylation sites is 2. The summed E-state index contributed by atoms with van der Waals surface area (Å²) in [6, 6.07) is 14.6. The van der Waals surface area contributed by atoms with E-state index in [9.17, 15) is 9.59 Å². The summed E-state index contributed by atoms with van der Waals surface area (Å²) in [5, 5.41) is 0. The first-order valence-corrected chi connectivity index (χ1v) is 7.04. The molecule has 1 aromatic heterocycles. The normalized spacial score (nSPS) is 15.0. The SMILES string of the molecule is O=C1CCC(=O)N1c1ccc(-c2nc3ccccc3o2)cc1. The molecule has 1 aliphatic heterocycles. The van der Waals surface area contributed by atoms with Crippen molar-refractivity contribution in [3.8, 4) is 11.5 Å². The first-order chi connectivity index (χ1) is 10.7. The zero-order chi connectivity index (χ0) is 15.1. The largest absolute Gasteiger partial charge is 0.436 e. The third-order valence-electron chi connectivity index (χ3n) is 3.72. The van der Waals surface area contributed by atoms with E-state index < -0.39 is 0 Å². The van der Waals surface area contributed by atoms with Gasteiger partial charge in [0.25, 0.3) is 0 Å². The van der Waals surface area contributed by atoms with Crippen LogP contribution < -0.4 is 4.90 Å². The van der Waals surface area contributed by atoms with E-state index in [1.807, 2.05) is 24.3 Å². The number of fused-ring (bicyclic) bond motifs is 1. The molecular weight excluding hydrogens is 280 g/mol. The van der Waals surface area contributed by atoms with E-state index in [4.69, 9.17) is 4.42 Å². The van der Waals surface area contributed by atoms with Crippen molar-refractivity contribution in [3.05, 3.63) is 48.5 Å². The Hall–Kier alpha value is -2.95. The fraction of sp³-hybridized carbons (Fsp3) is 0.118. The number of carbonyl (C=O) groups is 2. The van der Waals surface area contributed by atoms with Crippen LogP contribution in [0.3, 0.4) is 0 Å². The lowest BCUT2D eigenvalue weighted by atomic mass is 10.2. The molecule has 3 aromatic rings. The van der Waals surface area contributed by atoms with E-state index in [-0.39, 0.29) is 24.7 Å². The van der Waals surface area contributed by atoms with Crippen molar-refractivity contribution in [3.63, 3.8) is 0 Å². The number of anilines is 1. The highest BCUT2D eigenvalue weighted by Crippen LogP contribution is 2.28. The maximum absolute atomic E-state index is 11.7. The molecule has 0 aliphatic carbocycles. The van der Waals surface area contributed by atoms with Crippen molar-refractivity contribution in [2.45, 2.75) is 12.8 Å². The van der Waals surface area contributed by atoms with Gasteiger partial charge in [-0.25, -0.2) is 4.98 Å². The minimum Gasteiger partial charge on any atom is -0.436 e. The van der Waals surface area contributed by atoms with Crippen LogP contribution in [-0.4, -0.2) is 16.8 Å². The number of amides is 2. The molecule has 0 bridgehead atoms. The van der Waals surface area contributed by atoms with Crippen LogP contribution in [0.2, 0.25) is 0 Å². The Morgan fingerprint density at radius 2 is 1.59 bits per heavy atom. The molecule has 5 heteroatoms. The van der Waals surface area contributed by atoms with Crippen LogP contribution in [0.1, 0.15) is 12.8 Å². The summed E-state index contributed by atoms with van der Waals surface area (Å²) in [4.78, 5) is 29.1. The predicted molar refractivity (Wildman–Crippen MR) is 81.2 cm³/mol. The van der Waals surface area contributed by atoms with Gasteiger partial charge < -0.3 is 4.42 Å². The monoisotopic (exact) mass is 292 g/mol. The molecular formula is C17H12N2O3. The van der Waals surface area contributed by atoms with E-state index in [1.165, 1.54) is 4.90 Å². The van der Waals surface area contributed by atoms with Crippen LogP contribution in [-0.2, 0) is 9.59 Å². The number of hydrogen-bond donors (Lipinski definition) is 0. The number of oxazole rings is 1. The van der Waals surface area contributed by atoms with Gasteiger partial charge in [0.1, 0.15) is 5.52 Å². The standard InChI is InChI=1S/C17H12N2O3/c20-15-9-10-16(21)19(15)12-7-5-11(6-8-12)17-18-13-3-1-2-4-14(13)22-17/h1-8H,9-10H2. The number of nitrogens with zero attached hydrogens (tertiary/aromatic N) is 2. The molecule has 5 nitrogen and oxygen atoms in total. The van der Waals surface area contributed by atoms with Gasteiger partial charge in [-0.15, -0.1) is 0 Å². The molecule has 108 valence electrons. The molecule has 2 aromatic carbocycles. The average Bonchev–Trinajstić information content (AvgIpc) is 3.11. The lowest BCUT2D eigenvalue weighted by Crippen LogP contribution is -2.28. The fourth-order valence-electron chi connectivity index (χ4n) is 2.61. The van der Waals surface area contributed by atoms with Gasteiger partial charge in [0.15, 0.2) is 5.58 Å². The highest BCUT2D eigenvalue weighted by molar-refractivity contribution is 6.19. The Bertz CT molecular complexity index is 831. The number of aromatic nitrogens is 1.